The maximum atomic E-state index is 11.5. The molecule has 0 bridgehead atoms. The third kappa shape index (κ3) is 2.68. The molecule has 1 aromatic rings. The molecule has 0 N–H and O–H groups in total. The average Bonchev–Trinajstić information content (AvgIpc) is 2.49. The highest BCUT2D eigenvalue weighted by atomic mass is 16.5. The third-order valence-electron chi connectivity index (χ3n) is 2.26. The Bertz CT molecular complexity index is 360. The first-order valence-electron chi connectivity index (χ1n) is 4.85. The average molecular weight is 208 g/mol. The lowest BCUT2D eigenvalue weighted by molar-refractivity contribution is -0.125. The molecule has 4 heteroatoms. The van der Waals surface area contributed by atoms with E-state index in [2.05, 4.69) is 5.16 Å². The zero-order valence-corrected chi connectivity index (χ0v) is 9.57. The van der Waals surface area contributed by atoms with Crippen LogP contribution in [0.2, 0.25) is 0 Å². The summed E-state index contributed by atoms with van der Waals surface area (Å²) in [6.07, 6.45) is 3.27. The summed E-state index contributed by atoms with van der Waals surface area (Å²) in [6, 6.07) is 0. The Kier molecular flexibility index (Phi) is 3.66. The van der Waals surface area contributed by atoms with Crippen LogP contribution in [0.1, 0.15) is 23.9 Å². The Labute approximate surface area is 89.5 Å². The molecule has 15 heavy (non-hydrogen) atoms. The predicted molar refractivity (Wildman–Crippen MR) is 57.3 cm³/mol. The summed E-state index contributed by atoms with van der Waals surface area (Å²) in [4.78, 5) is 13.1. The van der Waals surface area contributed by atoms with E-state index in [9.17, 15) is 4.79 Å². The maximum Gasteiger partial charge on any atom is 0.246 e. The van der Waals surface area contributed by atoms with Gasteiger partial charge in [0.2, 0.25) is 5.91 Å². The van der Waals surface area contributed by atoms with Crippen molar-refractivity contribution in [3.8, 4) is 0 Å². The highest BCUT2D eigenvalue weighted by Gasteiger charge is 2.13. The van der Waals surface area contributed by atoms with Crippen LogP contribution < -0.4 is 0 Å². The number of allylic oxidation sites excluding steroid dienone is 1. The molecular formula is C11H16N2O2. The van der Waals surface area contributed by atoms with Gasteiger partial charge >= 0.3 is 0 Å². The second kappa shape index (κ2) is 4.77. The summed E-state index contributed by atoms with van der Waals surface area (Å²) in [5, 5.41) is 3.84. The van der Waals surface area contributed by atoms with Crippen LogP contribution in [0.5, 0.6) is 0 Å². The lowest BCUT2D eigenvalue weighted by Crippen LogP contribution is -2.24. The number of rotatable bonds is 3. The van der Waals surface area contributed by atoms with E-state index in [4.69, 9.17) is 4.52 Å². The van der Waals surface area contributed by atoms with Crippen molar-refractivity contribution in [1.29, 1.82) is 0 Å². The van der Waals surface area contributed by atoms with Crippen molar-refractivity contribution >= 4 is 5.91 Å². The summed E-state index contributed by atoms with van der Waals surface area (Å²) in [5.74, 6) is 0.755. The van der Waals surface area contributed by atoms with Crippen molar-refractivity contribution in [1.82, 2.24) is 10.1 Å². The molecule has 82 valence electrons. The fraction of sp³-hybridized carbons (Fsp3) is 0.455. The Morgan fingerprint density at radius 2 is 2.20 bits per heavy atom. The van der Waals surface area contributed by atoms with E-state index in [1.165, 1.54) is 6.08 Å². The molecule has 0 unspecified atom stereocenters. The molecule has 0 spiro atoms. The smallest absolute Gasteiger partial charge is 0.246 e. The molecule has 1 aromatic heterocycles. The first-order chi connectivity index (χ1) is 7.06. The van der Waals surface area contributed by atoms with Crippen molar-refractivity contribution in [2.75, 3.05) is 7.05 Å². The van der Waals surface area contributed by atoms with Crippen LogP contribution in [0.3, 0.4) is 0 Å². The van der Waals surface area contributed by atoms with Crippen LogP contribution in [0.15, 0.2) is 16.7 Å². The molecule has 1 amide bonds. The molecule has 0 fully saturated rings. The number of aryl methyl sites for hydroxylation is 2. The Balaban J connectivity index is 2.74. The molecule has 0 aromatic carbocycles. The van der Waals surface area contributed by atoms with Crippen molar-refractivity contribution < 1.29 is 9.32 Å². The van der Waals surface area contributed by atoms with Gasteiger partial charge in [-0.05, 0) is 26.8 Å². The van der Waals surface area contributed by atoms with Gasteiger partial charge < -0.3 is 9.42 Å². The lowest BCUT2D eigenvalue weighted by atomic mass is 10.2. The van der Waals surface area contributed by atoms with Gasteiger partial charge in [-0.3, -0.25) is 4.79 Å². The highest BCUT2D eigenvalue weighted by Crippen LogP contribution is 2.14. The number of aromatic nitrogens is 1. The van der Waals surface area contributed by atoms with Gasteiger partial charge in [0.25, 0.3) is 0 Å². The molecule has 0 saturated carbocycles. The Morgan fingerprint density at radius 3 is 2.67 bits per heavy atom. The van der Waals surface area contributed by atoms with E-state index >= 15 is 0 Å². The van der Waals surface area contributed by atoms with E-state index < -0.39 is 0 Å². The molecule has 0 atom stereocenters. The van der Waals surface area contributed by atoms with Gasteiger partial charge in [-0.2, -0.15) is 0 Å². The van der Waals surface area contributed by atoms with E-state index in [0.717, 1.165) is 17.0 Å². The number of likely N-dealkylation sites (N-methyl/N-ethyl adjacent to an activating group) is 1. The minimum atomic E-state index is -0.0162. The standard InChI is InChI=1S/C11H16N2O2/c1-5-6-11(14)13(4)7-10-8(2)12-15-9(10)3/h5-6H,7H2,1-4H3. The van der Waals surface area contributed by atoms with Gasteiger partial charge in [-0.15, -0.1) is 0 Å². The minimum absolute atomic E-state index is 0.0162. The minimum Gasteiger partial charge on any atom is -0.361 e. The zero-order valence-electron chi connectivity index (χ0n) is 9.57. The largest absolute Gasteiger partial charge is 0.361 e. The zero-order chi connectivity index (χ0) is 11.4. The SMILES string of the molecule is CC=CC(=O)N(C)Cc1c(C)noc1C. The summed E-state index contributed by atoms with van der Waals surface area (Å²) in [5.41, 5.74) is 1.82. The first kappa shape index (κ1) is 11.5. The number of carbonyl (C=O) groups excluding carboxylic acids is 1. The van der Waals surface area contributed by atoms with E-state index in [1.54, 1.807) is 18.0 Å². The van der Waals surface area contributed by atoms with Crippen LogP contribution in [0.25, 0.3) is 0 Å². The molecule has 1 rings (SSSR count). The molecule has 0 saturated heterocycles. The quantitative estimate of drug-likeness (QED) is 0.712. The van der Waals surface area contributed by atoms with Gasteiger partial charge in [0, 0.05) is 12.6 Å². The molecular weight excluding hydrogens is 192 g/mol. The predicted octanol–water partition coefficient (Wildman–Crippen LogP) is 1.83. The topological polar surface area (TPSA) is 46.3 Å². The number of hydrogen-bond donors (Lipinski definition) is 0. The van der Waals surface area contributed by atoms with Gasteiger partial charge in [0.15, 0.2) is 0 Å². The normalized spacial score (nSPS) is 10.9. The van der Waals surface area contributed by atoms with Crippen molar-refractivity contribution in [2.45, 2.75) is 27.3 Å². The summed E-state index contributed by atoms with van der Waals surface area (Å²) in [6.45, 7) is 6.08. The summed E-state index contributed by atoms with van der Waals surface area (Å²) in [7, 11) is 1.76. The number of nitrogens with zero attached hydrogens (tertiary/aromatic N) is 2. The monoisotopic (exact) mass is 208 g/mol. The van der Waals surface area contributed by atoms with Crippen LogP contribution in [-0.2, 0) is 11.3 Å². The van der Waals surface area contributed by atoms with Crippen molar-refractivity contribution in [2.24, 2.45) is 0 Å². The fourth-order valence-corrected chi connectivity index (χ4v) is 1.31. The molecule has 0 radical (unpaired) electrons. The molecule has 4 nitrogen and oxygen atoms in total. The van der Waals surface area contributed by atoms with E-state index in [1.807, 2.05) is 20.8 Å². The third-order valence-corrected chi connectivity index (χ3v) is 2.26. The highest BCUT2D eigenvalue weighted by molar-refractivity contribution is 5.87. The number of hydrogen-bond acceptors (Lipinski definition) is 3. The van der Waals surface area contributed by atoms with Gasteiger partial charge in [0.05, 0.1) is 12.2 Å². The van der Waals surface area contributed by atoms with Crippen LogP contribution >= 0.6 is 0 Å². The first-order valence-corrected chi connectivity index (χ1v) is 4.85. The summed E-state index contributed by atoms with van der Waals surface area (Å²) < 4.78 is 5.03. The molecule has 0 aliphatic carbocycles. The van der Waals surface area contributed by atoms with Gasteiger partial charge in [-0.1, -0.05) is 11.2 Å². The fourth-order valence-electron chi connectivity index (χ4n) is 1.31. The Morgan fingerprint density at radius 1 is 1.53 bits per heavy atom. The molecule has 0 aliphatic heterocycles. The lowest BCUT2D eigenvalue weighted by Gasteiger charge is -2.14. The maximum absolute atomic E-state index is 11.5. The molecule has 0 aliphatic rings. The Hall–Kier alpha value is -1.58. The number of amides is 1. The summed E-state index contributed by atoms with van der Waals surface area (Å²) >= 11 is 0. The van der Waals surface area contributed by atoms with Crippen LogP contribution in [0, 0.1) is 13.8 Å². The molecule has 1 heterocycles. The second-order valence-electron chi connectivity index (χ2n) is 3.50. The van der Waals surface area contributed by atoms with Crippen LogP contribution in [0.4, 0.5) is 0 Å². The van der Waals surface area contributed by atoms with Crippen molar-refractivity contribution in [3.63, 3.8) is 0 Å². The van der Waals surface area contributed by atoms with E-state index in [-0.39, 0.29) is 5.91 Å². The van der Waals surface area contributed by atoms with E-state index in [0.29, 0.717) is 6.54 Å². The van der Waals surface area contributed by atoms with Gasteiger partial charge in [-0.25, -0.2) is 0 Å². The van der Waals surface area contributed by atoms with Crippen molar-refractivity contribution in [3.05, 3.63) is 29.2 Å². The van der Waals surface area contributed by atoms with Gasteiger partial charge in [0.1, 0.15) is 5.76 Å². The second-order valence-corrected chi connectivity index (χ2v) is 3.50. The van der Waals surface area contributed by atoms with Crippen LogP contribution in [-0.4, -0.2) is 23.0 Å². The number of carbonyl (C=O) groups is 1.